The molecular formula is C18H17Cl2N3O3. The number of nitrogens with zero attached hydrogens (tertiary/aromatic N) is 3. The lowest BCUT2D eigenvalue weighted by atomic mass is 10.3. The summed E-state index contributed by atoms with van der Waals surface area (Å²) in [6, 6.07) is 10.2. The van der Waals surface area contributed by atoms with Gasteiger partial charge in [0.1, 0.15) is 18.1 Å². The Bertz CT molecular complexity index is 920. The van der Waals surface area contributed by atoms with Gasteiger partial charge in [0.05, 0.1) is 17.3 Å². The number of hydrogen-bond donors (Lipinski definition) is 0. The second-order valence-corrected chi connectivity index (χ2v) is 6.58. The van der Waals surface area contributed by atoms with Gasteiger partial charge in [-0.1, -0.05) is 23.2 Å². The topological polar surface area (TPSA) is 60.5 Å². The van der Waals surface area contributed by atoms with E-state index < -0.39 is 0 Å². The third-order valence-electron chi connectivity index (χ3n) is 3.80. The van der Waals surface area contributed by atoms with Crippen molar-refractivity contribution >= 4 is 29.1 Å². The summed E-state index contributed by atoms with van der Waals surface area (Å²) in [5, 5.41) is 5.04. The van der Waals surface area contributed by atoms with Crippen molar-refractivity contribution in [3.63, 3.8) is 0 Å². The number of ether oxygens (including phenoxy) is 1. The molecule has 0 spiro atoms. The van der Waals surface area contributed by atoms with Gasteiger partial charge in [0.2, 0.25) is 0 Å². The van der Waals surface area contributed by atoms with E-state index in [4.69, 9.17) is 32.4 Å². The average Bonchev–Trinajstić information content (AvgIpc) is 3.23. The Morgan fingerprint density at radius 1 is 1.27 bits per heavy atom. The summed E-state index contributed by atoms with van der Waals surface area (Å²) in [6.45, 7) is 0.586. The molecule has 0 fully saturated rings. The quantitative estimate of drug-likeness (QED) is 0.630. The van der Waals surface area contributed by atoms with Crippen LogP contribution < -0.4 is 4.74 Å². The molecule has 0 N–H and O–H groups in total. The van der Waals surface area contributed by atoms with Gasteiger partial charge in [-0.15, -0.1) is 0 Å². The maximum atomic E-state index is 12.5. The molecule has 0 saturated heterocycles. The summed E-state index contributed by atoms with van der Waals surface area (Å²) in [5.74, 6) is 1.04. The fourth-order valence-electron chi connectivity index (χ4n) is 2.37. The van der Waals surface area contributed by atoms with Gasteiger partial charge in [-0.05, 0) is 36.4 Å². The summed E-state index contributed by atoms with van der Waals surface area (Å²) in [6.07, 6.45) is 1.69. The molecule has 0 bridgehead atoms. The molecule has 2 aromatic heterocycles. The monoisotopic (exact) mass is 393 g/mol. The standard InChI is InChI=1S/C18H17Cl2N3O3/c1-22(10-13-7-8-21-23(13)2)18(24)17-6-4-14(26-17)11-25-16-5-3-12(19)9-15(16)20/h3-9H,10-11H2,1-2H3. The smallest absolute Gasteiger partial charge is 0.289 e. The zero-order chi connectivity index (χ0) is 18.7. The largest absolute Gasteiger partial charge is 0.484 e. The predicted molar refractivity (Wildman–Crippen MR) is 98.5 cm³/mol. The minimum atomic E-state index is -0.220. The molecule has 1 aromatic carbocycles. The van der Waals surface area contributed by atoms with Crippen molar-refractivity contribution in [3.05, 3.63) is 69.9 Å². The van der Waals surface area contributed by atoms with Crippen LogP contribution in [-0.4, -0.2) is 27.6 Å². The zero-order valence-corrected chi connectivity index (χ0v) is 15.8. The number of furan rings is 1. The van der Waals surface area contributed by atoms with Crippen LogP contribution in [0, 0.1) is 0 Å². The van der Waals surface area contributed by atoms with E-state index >= 15 is 0 Å². The van der Waals surface area contributed by atoms with E-state index in [0.717, 1.165) is 5.69 Å². The van der Waals surface area contributed by atoms with Crippen LogP contribution >= 0.6 is 23.2 Å². The molecule has 0 radical (unpaired) electrons. The molecule has 0 saturated carbocycles. The van der Waals surface area contributed by atoms with Gasteiger partial charge in [0.15, 0.2) is 5.76 Å². The third-order valence-corrected chi connectivity index (χ3v) is 4.34. The molecule has 0 aliphatic rings. The van der Waals surface area contributed by atoms with Gasteiger partial charge in [-0.3, -0.25) is 9.48 Å². The first kappa shape index (κ1) is 18.4. The second kappa shape index (κ2) is 7.85. The highest BCUT2D eigenvalue weighted by Crippen LogP contribution is 2.28. The molecule has 6 nitrogen and oxygen atoms in total. The van der Waals surface area contributed by atoms with Crippen LogP contribution in [0.25, 0.3) is 0 Å². The van der Waals surface area contributed by atoms with E-state index in [-0.39, 0.29) is 18.3 Å². The van der Waals surface area contributed by atoms with E-state index in [1.807, 2.05) is 13.1 Å². The van der Waals surface area contributed by atoms with Crippen LogP contribution in [0.5, 0.6) is 5.75 Å². The Balaban J connectivity index is 1.61. The van der Waals surface area contributed by atoms with Gasteiger partial charge in [-0.25, -0.2) is 0 Å². The van der Waals surface area contributed by atoms with Crippen molar-refractivity contribution in [2.75, 3.05) is 7.05 Å². The van der Waals surface area contributed by atoms with Gasteiger partial charge < -0.3 is 14.1 Å². The number of aromatic nitrogens is 2. The maximum Gasteiger partial charge on any atom is 0.289 e. The van der Waals surface area contributed by atoms with E-state index in [1.165, 1.54) is 0 Å². The average molecular weight is 394 g/mol. The van der Waals surface area contributed by atoms with Crippen LogP contribution in [0.1, 0.15) is 22.0 Å². The fourth-order valence-corrected chi connectivity index (χ4v) is 2.83. The van der Waals surface area contributed by atoms with Gasteiger partial charge >= 0.3 is 0 Å². The molecule has 0 atom stereocenters. The lowest BCUT2D eigenvalue weighted by Gasteiger charge is -2.15. The molecule has 26 heavy (non-hydrogen) atoms. The van der Waals surface area contributed by atoms with Crippen molar-refractivity contribution in [1.29, 1.82) is 0 Å². The third kappa shape index (κ3) is 4.20. The Labute approximate surface area is 160 Å². The van der Waals surface area contributed by atoms with Crippen molar-refractivity contribution in [2.24, 2.45) is 7.05 Å². The molecule has 0 aliphatic carbocycles. The van der Waals surface area contributed by atoms with Crippen molar-refractivity contribution in [1.82, 2.24) is 14.7 Å². The summed E-state index contributed by atoms with van der Waals surface area (Å²) in [4.78, 5) is 14.1. The highest BCUT2D eigenvalue weighted by molar-refractivity contribution is 6.35. The van der Waals surface area contributed by atoms with Gasteiger partial charge in [-0.2, -0.15) is 5.10 Å². The Morgan fingerprint density at radius 2 is 2.08 bits per heavy atom. The maximum absolute atomic E-state index is 12.5. The number of benzene rings is 1. The number of halogens is 2. The molecule has 0 aliphatic heterocycles. The number of carbonyl (C=O) groups is 1. The highest BCUT2D eigenvalue weighted by Gasteiger charge is 2.17. The number of amides is 1. The van der Waals surface area contributed by atoms with Gasteiger partial charge in [0.25, 0.3) is 5.91 Å². The minimum Gasteiger partial charge on any atom is -0.484 e. The molecule has 2 heterocycles. The first-order valence-electron chi connectivity index (χ1n) is 7.83. The van der Waals surface area contributed by atoms with Crippen LogP contribution in [0.3, 0.4) is 0 Å². The van der Waals surface area contributed by atoms with E-state index in [2.05, 4.69) is 5.10 Å². The summed E-state index contributed by atoms with van der Waals surface area (Å²) in [5.41, 5.74) is 0.924. The Morgan fingerprint density at radius 3 is 2.77 bits per heavy atom. The fraction of sp³-hybridized carbons (Fsp3) is 0.222. The molecule has 136 valence electrons. The van der Waals surface area contributed by atoms with Crippen molar-refractivity contribution < 1.29 is 13.9 Å². The molecule has 0 unspecified atom stereocenters. The molecule has 1 amide bonds. The predicted octanol–water partition coefficient (Wildman–Crippen LogP) is 4.17. The highest BCUT2D eigenvalue weighted by atomic mass is 35.5. The van der Waals surface area contributed by atoms with Crippen molar-refractivity contribution in [3.8, 4) is 5.75 Å². The summed E-state index contributed by atoms with van der Waals surface area (Å²) in [7, 11) is 3.54. The molecule has 3 aromatic rings. The normalized spacial score (nSPS) is 10.8. The van der Waals surface area contributed by atoms with Crippen LogP contribution in [0.4, 0.5) is 0 Å². The lowest BCUT2D eigenvalue weighted by molar-refractivity contribution is 0.0746. The summed E-state index contributed by atoms with van der Waals surface area (Å²) >= 11 is 11.9. The summed E-state index contributed by atoms with van der Waals surface area (Å²) < 4.78 is 12.9. The number of carbonyl (C=O) groups excluding carboxylic acids is 1. The SMILES string of the molecule is CN(Cc1ccnn1C)C(=O)c1ccc(COc2ccc(Cl)cc2Cl)o1. The Hall–Kier alpha value is -2.44. The molecule has 8 heteroatoms. The Kier molecular flexibility index (Phi) is 5.54. The van der Waals surface area contributed by atoms with Crippen molar-refractivity contribution in [2.45, 2.75) is 13.2 Å². The lowest BCUT2D eigenvalue weighted by Crippen LogP contribution is -2.26. The second-order valence-electron chi connectivity index (χ2n) is 5.74. The number of aryl methyl sites for hydroxylation is 1. The van der Waals surface area contributed by atoms with Crippen LogP contribution in [-0.2, 0) is 20.2 Å². The number of hydrogen-bond acceptors (Lipinski definition) is 4. The molecule has 3 rings (SSSR count). The van der Waals surface area contributed by atoms with Crippen LogP contribution in [0.15, 0.2) is 47.0 Å². The zero-order valence-electron chi connectivity index (χ0n) is 14.3. The first-order chi connectivity index (χ1) is 12.4. The number of rotatable bonds is 6. The van der Waals surface area contributed by atoms with E-state index in [0.29, 0.717) is 28.1 Å². The molecular weight excluding hydrogens is 377 g/mol. The van der Waals surface area contributed by atoms with E-state index in [9.17, 15) is 4.79 Å². The first-order valence-corrected chi connectivity index (χ1v) is 8.58. The van der Waals surface area contributed by atoms with Crippen LogP contribution in [0.2, 0.25) is 10.0 Å². The minimum absolute atomic E-state index is 0.153. The van der Waals surface area contributed by atoms with Gasteiger partial charge in [0, 0.05) is 25.3 Å². The van der Waals surface area contributed by atoms with E-state index in [1.54, 1.807) is 53.2 Å².